The number of nitrogens with zero attached hydrogens (tertiary/aromatic N) is 2. The summed E-state index contributed by atoms with van der Waals surface area (Å²) < 4.78 is 7.49. The van der Waals surface area contributed by atoms with Crippen LogP contribution in [0.15, 0.2) is 17.5 Å². The van der Waals surface area contributed by atoms with Gasteiger partial charge >= 0.3 is 0 Å². The molecule has 0 fully saturated rings. The lowest BCUT2D eigenvalue weighted by Gasteiger charge is -2.13. The van der Waals surface area contributed by atoms with Crippen LogP contribution in [0.4, 0.5) is 0 Å². The number of fused-ring (bicyclic) bond motifs is 1. The van der Waals surface area contributed by atoms with Crippen molar-refractivity contribution < 1.29 is 4.74 Å². The molecule has 3 heterocycles. The second kappa shape index (κ2) is 3.47. The Bertz CT molecular complexity index is 473. The zero-order valence-electron chi connectivity index (χ0n) is 8.56. The van der Waals surface area contributed by atoms with Gasteiger partial charge in [0.15, 0.2) is 0 Å². The molecule has 0 atom stereocenters. The Kier molecular flexibility index (Phi) is 2.11. The highest BCUT2D eigenvalue weighted by Gasteiger charge is 2.20. The van der Waals surface area contributed by atoms with Crippen LogP contribution in [0.2, 0.25) is 0 Å². The van der Waals surface area contributed by atoms with Gasteiger partial charge < -0.3 is 4.74 Å². The van der Waals surface area contributed by atoms with E-state index < -0.39 is 0 Å². The number of hydrogen-bond acceptors (Lipinski definition) is 3. The molecule has 0 aliphatic carbocycles. The van der Waals surface area contributed by atoms with Crippen LogP contribution in [0.3, 0.4) is 0 Å². The lowest BCUT2D eigenvalue weighted by Crippen LogP contribution is -2.11. The van der Waals surface area contributed by atoms with Gasteiger partial charge in [-0.2, -0.15) is 5.10 Å². The van der Waals surface area contributed by atoms with E-state index in [1.165, 1.54) is 16.1 Å². The first-order chi connectivity index (χ1) is 7.36. The molecule has 1 aliphatic heterocycles. The van der Waals surface area contributed by atoms with Crippen LogP contribution in [0.25, 0.3) is 10.6 Å². The fourth-order valence-electron chi connectivity index (χ4n) is 2.02. The van der Waals surface area contributed by atoms with Gasteiger partial charge in [-0.05, 0) is 11.4 Å². The van der Waals surface area contributed by atoms with E-state index in [1.807, 2.05) is 11.7 Å². The molecule has 3 nitrogen and oxygen atoms in total. The molecule has 0 N–H and O–H groups in total. The standard InChI is InChI=1S/C11H12N2OS/c1-13-9-4-5-14-7-8(9)11(12-13)10-3-2-6-15-10/h2-3,6H,4-5,7H2,1H3. The van der Waals surface area contributed by atoms with E-state index in [9.17, 15) is 0 Å². The second-order valence-corrected chi connectivity index (χ2v) is 4.63. The highest BCUT2D eigenvalue weighted by molar-refractivity contribution is 7.13. The molecule has 0 unspecified atom stereocenters. The van der Waals surface area contributed by atoms with Crippen molar-refractivity contribution >= 4 is 11.3 Å². The maximum absolute atomic E-state index is 5.50. The minimum Gasteiger partial charge on any atom is -0.376 e. The zero-order valence-corrected chi connectivity index (χ0v) is 9.38. The molecule has 0 spiro atoms. The van der Waals surface area contributed by atoms with E-state index in [-0.39, 0.29) is 0 Å². The normalized spacial score (nSPS) is 15.3. The van der Waals surface area contributed by atoms with Crippen molar-refractivity contribution in [2.45, 2.75) is 13.0 Å². The fraction of sp³-hybridized carbons (Fsp3) is 0.364. The lowest BCUT2D eigenvalue weighted by molar-refractivity contribution is 0.109. The number of hydrogen-bond donors (Lipinski definition) is 0. The summed E-state index contributed by atoms with van der Waals surface area (Å²) in [5.41, 5.74) is 3.69. The third-order valence-corrected chi connectivity index (χ3v) is 3.64. The SMILES string of the molecule is Cn1nc(-c2cccs2)c2c1CCOC2. The minimum absolute atomic E-state index is 0.705. The zero-order chi connectivity index (χ0) is 10.3. The Morgan fingerprint density at radius 2 is 2.47 bits per heavy atom. The summed E-state index contributed by atoms with van der Waals surface area (Å²) in [5, 5.41) is 6.67. The maximum Gasteiger partial charge on any atom is 0.108 e. The first kappa shape index (κ1) is 9.12. The number of aromatic nitrogens is 2. The van der Waals surface area contributed by atoms with Crippen LogP contribution >= 0.6 is 11.3 Å². The van der Waals surface area contributed by atoms with Crippen molar-refractivity contribution in [3.63, 3.8) is 0 Å². The third-order valence-electron chi connectivity index (χ3n) is 2.76. The molecule has 2 aromatic rings. The highest BCUT2D eigenvalue weighted by Crippen LogP contribution is 2.31. The van der Waals surface area contributed by atoms with Crippen LogP contribution in [0.1, 0.15) is 11.3 Å². The van der Waals surface area contributed by atoms with Gasteiger partial charge in [-0.1, -0.05) is 6.07 Å². The van der Waals surface area contributed by atoms with E-state index in [1.54, 1.807) is 11.3 Å². The van der Waals surface area contributed by atoms with Crippen molar-refractivity contribution in [3.05, 3.63) is 28.8 Å². The number of ether oxygens (including phenoxy) is 1. The average molecular weight is 220 g/mol. The summed E-state index contributed by atoms with van der Waals surface area (Å²) in [6, 6.07) is 4.17. The molecule has 0 amide bonds. The number of rotatable bonds is 1. The molecule has 78 valence electrons. The van der Waals surface area contributed by atoms with Crippen molar-refractivity contribution in [2.75, 3.05) is 6.61 Å². The summed E-state index contributed by atoms with van der Waals surface area (Å²) in [6.07, 6.45) is 0.976. The molecule has 4 heteroatoms. The molecule has 1 aliphatic rings. The predicted octanol–water partition coefficient (Wildman–Crippen LogP) is 2.22. The van der Waals surface area contributed by atoms with Gasteiger partial charge in [0.2, 0.25) is 0 Å². The summed E-state index contributed by atoms with van der Waals surface area (Å²) in [5.74, 6) is 0. The molecule has 0 aromatic carbocycles. The fourth-order valence-corrected chi connectivity index (χ4v) is 2.76. The van der Waals surface area contributed by atoms with Crippen LogP contribution in [-0.4, -0.2) is 16.4 Å². The summed E-state index contributed by atoms with van der Waals surface area (Å²) in [6.45, 7) is 1.52. The van der Waals surface area contributed by atoms with Crippen molar-refractivity contribution in [1.29, 1.82) is 0 Å². The van der Waals surface area contributed by atoms with E-state index in [0.717, 1.165) is 18.7 Å². The van der Waals surface area contributed by atoms with Crippen LogP contribution < -0.4 is 0 Å². The minimum atomic E-state index is 0.705. The molecule has 0 saturated carbocycles. The second-order valence-electron chi connectivity index (χ2n) is 3.68. The van der Waals surface area contributed by atoms with Crippen molar-refractivity contribution in [3.8, 4) is 10.6 Å². The third kappa shape index (κ3) is 1.41. The molecule has 3 rings (SSSR count). The quantitative estimate of drug-likeness (QED) is 0.737. The molecule has 0 radical (unpaired) electrons. The number of thiophene rings is 1. The molecule has 0 saturated heterocycles. The Morgan fingerprint density at radius 3 is 3.27 bits per heavy atom. The van der Waals surface area contributed by atoms with Crippen LogP contribution in [0, 0.1) is 0 Å². The first-order valence-corrected chi connectivity index (χ1v) is 5.90. The van der Waals surface area contributed by atoms with Gasteiger partial charge in [0.1, 0.15) is 5.69 Å². The van der Waals surface area contributed by atoms with Crippen molar-refractivity contribution in [1.82, 2.24) is 9.78 Å². The first-order valence-electron chi connectivity index (χ1n) is 5.02. The van der Waals surface area contributed by atoms with E-state index in [2.05, 4.69) is 22.6 Å². The largest absolute Gasteiger partial charge is 0.376 e. The monoisotopic (exact) mass is 220 g/mol. The van der Waals surface area contributed by atoms with Gasteiger partial charge in [-0.3, -0.25) is 4.68 Å². The van der Waals surface area contributed by atoms with Gasteiger partial charge in [0.05, 0.1) is 18.1 Å². The summed E-state index contributed by atoms with van der Waals surface area (Å²) >= 11 is 1.73. The molecule has 0 bridgehead atoms. The van der Waals surface area contributed by atoms with E-state index in [0.29, 0.717) is 6.61 Å². The topological polar surface area (TPSA) is 27.1 Å². The van der Waals surface area contributed by atoms with E-state index >= 15 is 0 Å². The average Bonchev–Trinajstić information content (AvgIpc) is 2.87. The molecule has 2 aromatic heterocycles. The maximum atomic E-state index is 5.50. The van der Waals surface area contributed by atoms with Crippen LogP contribution in [0.5, 0.6) is 0 Å². The van der Waals surface area contributed by atoms with Crippen LogP contribution in [-0.2, 0) is 24.8 Å². The van der Waals surface area contributed by atoms with Gasteiger partial charge in [-0.25, -0.2) is 0 Å². The molecular formula is C11H12N2OS. The lowest BCUT2D eigenvalue weighted by atomic mass is 10.1. The summed E-state index contributed by atoms with van der Waals surface area (Å²) in [4.78, 5) is 1.23. The van der Waals surface area contributed by atoms with Gasteiger partial charge in [0.25, 0.3) is 0 Å². The smallest absolute Gasteiger partial charge is 0.108 e. The number of aryl methyl sites for hydroxylation is 1. The Hall–Kier alpha value is -1.13. The van der Waals surface area contributed by atoms with Gasteiger partial charge in [-0.15, -0.1) is 11.3 Å². The molecular weight excluding hydrogens is 208 g/mol. The predicted molar refractivity (Wildman–Crippen MR) is 59.9 cm³/mol. The Labute approximate surface area is 92.3 Å². The Morgan fingerprint density at radius 1 is 1.53 bits per heavy atom. The van der Waals surface area contributed by atoms with E-state index in [4.69, 9.17) is 4.74 Å². The van der Waals surface area contributed by atoms with Gasteiger partial charge in [0, 0.05) is 24.7 Å². The molecule has 15 heavy (non-hydrogen) atoms. The Balaban J connectivity index is 2.16. The summed E-state index contributed by atoms with van der Waals surface area (Å²) in [7, 11) is 2.02. The highest BCUT2D eigenvalue weighted by atomic mass is 32.1. The van der Waals surface area contributed by atoms with Crippen molar-refractivity contribution in [2.24, 2.45) is 7.05 Å².